The van der Waals surface area contributed by atoms with Crippen LogP contribution in [-0.4, -0.2) is 5.91 Å². The molecule has 1 saturated heterocycles. The molecule has 0 aromatic heterocycles. The van der Waals surface area contributed by atoms with E-state index in [4.69, 9.17) is 5.73 Å². The minimum absolute atomic E-state index is 0.294. The van der Waals surface area contributed by atoms with E-state index in [0.29, 0.717) is 5.92 Å². The maximum Gasteiger partial charge on any atom is 0.287 e. The minimum Gasteiger partial charge on any atom is -0.275 e. The number of rotatable bonds is 2. The molecule has 1 heterocycles. The molecule has 0 aliphatic carbocycles. The summed E-state index contributed by atoms with van der Waals surface area (Å²) in [4.78, 5) is 9.05. The summed E-state index contributed by atoms with van der Waals surface area (Å²) >= 11 is 0. The molecule has 2 N–H and O–H groups in total. The molecule has 1 aliphatic rings. The van der Waals surface area contributed by atoms with Crippen molar-refractivity contribution in [2.75, 3.05) is 0 Å². The Hall–Kier alpha value is -0.120. The molecule has 1 atom stereocenters. The molecule has 1 unspecified atom stereocenters. The van der Waals surface area contributed by atoms with E-state index in [9.17, 15) is 0 Å². The van der Waals surface area contributed by atoms with Gasteiger partial charge in [0.05, 0.1) is 0 Å². The van der Waals surface area contributed by atoms with Gasteiger partial charge in [-0.25, -0.2) is 0 Å². The van der Waals surface area contributed by atoms with Crippen LogP contribution in [0.5, 0.6) is 0 Å². The molecule has 0 spiro atoms. The van der Waals surface area contributed by atoms with Crippen LogP contribution in [0.25, 0.3) is 0 Å². The lowest BCUT2D eigenvalue weighted by Gasteiger charge is -2.05. The molecular weight excluding hydrogens is 106 g/mol. The van der Waals surface area contributed by atoms with Gasteiger partial charge in [-0.05, 0) is 6.42 Å². The zero-order valence-corrected chi connectivity index (χ0v) is 5.18. The maximum atomic E-state index is 5.46. The fourth-order valence-corrected chi connectivity index (χ4v) is 0.497. The number of hydrogen-bond acceptors (Lipinski definition) is 3. The topological polar surface area (TPSA) is 51.1 Å². The van der Waals surface area contributed by atoms with Crippen LogP contribution in [0.3, 0.4) is 0 Å². The summed E-state index contributed by atoms with van der Waals surface area (Å²) in [7, 11) is 0. The van der Waals surface area contributed by atoms with Crippen molar-refractivity contribution < 1.29 is 9.78 Å². The van der Waals surface area contributed by atoms with Gasteiger partial charge in [-0.1, -0.05) is 13.8 Å². The molecule has 3 heteroatoms. The highest BCUT2D eigenvalue weighted by Crippen LogP contribution is 2.32. The van der Waals surface area contributed by atoms with Gasteiger partial charge in [0.15, 0.2) is 0 Å². The molecule has 3 nitrogen and oxygen atoms in total. The van der Waals surface area contributed by atoms with E-state index in [1.165, 1.54) is 0 Å². The predicted molar refractivity (Wildman–Crippen MR) is 28.5 cm³/mol. The van der Waals surface area contributed by atoms with E-state index in [1.54, 1.807) is 0 Å². The first-order chi connectivity index (χ1) is 3.69. The van der Waals surface area contributed by atoms with Crippen LogP contribution in [-0.2, 0) is 9.78 Å². The molecule has 0 aromatic rings. The van der Waals surface area contributed by atoms with Crippen LogP contribution in [0.2, 0.25) is 0 Å². The third-order valence-corrected chi connectivity index (χ3v) is 1.58. The Labute approximate surface area is 48.7 Å². The Morgan fingerprint density at radius 1 is 1.62 bits per heavy atom. The van der Waals surface area contributed by atoms with Gasteiger partial charge in [-0.3, -0.25) is 5.73 Å². The smallest absolute Gasteiger partial charge is 0.275 e. The van der Waals surface area contributed by atoms with Crippen LogP contribution >= 0.6 is 0 Å². The minimum atomic E-state index is -0.741. The van der Waals surface area contributed by atoms with Crippen molar-refractivity contribution in [3.63, 3.8) is 0 Å². The summed E-state index contributed by atoms with van der Waals surface area (Å²) in [5.41, 5.74) is 5.46. The van der Waals surface area contributed by atoms with Crippen LogP contribution < -0.4 is 5.73 Å². The van der Waals surface area contributed by atoms with E-state index >= 15 is 0 Å². The Balaban J connectivity index is 2.34. The summed E-state index contributed by atoms with van der Waals surface area (Å²) in [6, 6.07) is 0. The molecule has 0 bridgehead atoms. The quantitative estimate of drug-likeness (QED) is 0.425. The first-order valence-electron chi connectivity index (χ1n) is 2.84. The average Bonchev–Trinajstić information content (AvgIpc) is 2.47. The zero-order valence-electron chi connectivity index (χ0n) is 5.18. The lowest BCUT2D eigenvalue weighted by molar-refractivity contribution is 0.0850. The summed E-state index contributed by atoms with van der Waals surface area (Å²) in [6.45, 7) is 4.04. The fraction of sp³-hybridized carbons (Fsp3) is 1.00. The molecule has 0 saturated carbocycles. The number of hydrogen-bond donors (Lipinski definition) is 1. The molecule has 0 aromatic carbocycles. The van der Waals surface area contributed by atoms with Gasteiger partial charge in [0.1, 0.15) is 0 Å². The predicted octanol–water partition coefficient (Wildman–Crippen LogP) is 0.607. The molecular formula is C5H11NO2. The second-order valence-corrected chi connectivity index (χ2v) is 2.20. The summed E-state index contributed by atoms with van der Waals surface area (Å²) in [5, 5.41) is 0. The monoisotopic (exact) mass is 117 g/mol. The van der Waals surface area contributed by atoms with Gasteiger partial charge < -0.3 is 0 Å². The molecule has 0 radical (unpaired) electrons. The highest BCUT2D eigenvalue weighted by molar-refractivity contribution is 4.71. The van der Waals surface area contributed by atoms with E-state index in [0.717, 1.165) is 6.42 Å². The molecule has 1 rings (SSSR count). The van der Waals surface area contributed by atoms with E-state index < -0.39 is 5.91 Å². The lowest BCUT2D eigenvalue weighted by atomic mass is 10.1. The second-order valence-electron chi connectivity index (χ2n) is 2.20. The van der Waals surface area contributed by atoms with Gasteiger partial charge >= 0.3 is 0 Å². The van der Waals surface area contributed by atoms with Crippen LogP contribution in [0, 0.1) is 5.92 Å². The standard InChI is InChI=1S/C5H11NO2/c1-3-4(2)5(6)7-8-5/h4H,3,6H2,1-2H3. The summed E-state index contributed by atoms with van der Waals surface area (Å²) in [5.74, 6) is -0.447. The van der Waals surface area contributed by atoms with Crippen molar-refractivity contribution in [2.45, 2.75) is 26.2 Å². The van der Waals surface area contributed by atoms with E-state index in [1.807, 2.05) is 13.8 Å². The third kappa shape index (κ3) is 0.844. The van der Waals surface area contributed by atoms with E-state index in [2.05, 4.69) is 9.78 Å². The second kappa shape index (κ2) is 1.69. The Morgan fingerprint density at radius 3 is 2.25 bits per heavy atom. The largest absolute Gasteiger partial charge is 0.287 e. The van der Waals surface area contributed by atoms with Gasteiger partial charge in [0.2, 0.25) is 0 Å². The van der Waals surface area contributed by atoms with Crippen molar-refractivity contribution in [2.24, 2.45) is 11.7 Å². The van der Waals surface area contributed by atoms with Crippen molar-refractivity contribution in [3.05, 3.63) is 0 Å². The highest BCUT2D eigenvalue weighted by atomic mass is 17.4. The highest BCUT2D eigenvalue weighted by Gasteiger charge is 2.49. The normalized spacial score (nSPS) is 27.4. The van der Waals surface area contributed by atoms with Crippen LogP contribution in [0.1, 0.15) is 20.3 Å². The Kier molecular flexibility index (Phi) is 1.27. The van der Waals surface area contributed by atoms with Crippen molar-refractivity contribution >= 4 is 0 Å². The first kappa shape index (κ1) is 6.01. The van der Waals surface area contributed by atoms with Crippen LogP contribution in [0.15, 0.2) is 0 Å². The zero-order chi connectivity index (χ0) is 6.20. The fourth-order valence-electron chi connectivity index (χ4n) is 0.497. The average molecular weight is 117 g/mol. The number of nitrogens with two attached hydrogens (primary N) is 1. The van der Waals surface area contributed by atoms with Gasteiger partial charge in [-0.2, -0.15) is 9.78 Å². The van der Waals surface area contributed by atoms with Gasteiger partial charge in [0.25, 0.3) is 5.91 Å². The SMILES string of the molecule is CCC(C)C1(N)OO1. The van der Waals surface area contributed by atoms with Crippen molar-refractivity contribution in [1.82, 2.24) is 0 Å². The van der Waals surface area contributed by atoms with Crippen molar-refractivity contribution in [1.29, 1.82) is 0 Å². The summed E-state index contributed by atoms with van der Waals surface area (Å²) in [6.07, 6.45) is 0.983. The van der Waals surface area contributed by atoms with Crippen LogP contribution in [0.4, 0.5) is 0 Å². The molecule has 0 amide bonds. The Morgan fingerprint density at radius 2 is 2.12 bits per heavy atom. The van der Waals surface area contributed by atoms with Gasteiger partial charge in [-0.15, -0.1) is 0 Å². The first-order valence-corrected chi connectivity index (χ1v) is 2.84. The third-order valence-electron chi connectivity index (χ3n) is 1.58. The molecule has 1 aliphatic heterocycles. The van der Waals surface area contributed by atoms with E-state index in [-0.39, 0.29) is 0 Å². The molecule has 48 valence electrons. The van der Waals surface area contributed by atoms with Crippen molar-refractivity contribution in [3.8, 4) is 0 Å². The Bertz CT molecular complexity index is 90.4. The summed E-state index contributed by atoms with van der Waals surface area (Å²) < 4.78 is 0. The van der Waals surface area contributed by atoms with Gasteiger partial charge in [0, 0.05) is 5.92 Å². The molecule has 1 fully saturated rings. The maximum absolute atomic E-state index is 5.46. The molecule has 8 heavy (non-hydrogen) atoms. The lowest BCUT2D eigenvalue weighted by Crippen LogP contribution is -2.31.